The van der Waals surface area contributed by atoms with Gasteiger partial charge in [-0.1, -0.05) is 12.7 Å². The van der Waals surface area contributed by atoms with Crippen LogP contribution in [-0.2, 0) is 4.79 Å². The molecule has 0 fully saturated rings. The van der Waals surface area contributed by atoms with Crippen molar-refractivity contribution in [1.82, 2.24) is 0 Å². The third-order valence-electron chi connectivity index (χ3n) is 1.18. The molecule has 0 saturated carbocycles. The topological polar surface area (TPSA) is 49.7 Å². The highest BCUT2D eigenvalue weighted by Gasteiger charge is 2.00. The van der Waals surface area contributed by atoms with Crippen molar-refractivity contribution in [3.05, 3.63) is 24.3 Å². The zero-order valence-electron chi connectivity index (χ0n) is 6.66. The SMILES string of the molecule is C=C/C(=C\C(C)=NC)C(=O)O. The molecule has 0 atom stereocenters. The second-order valence-electron chi connectivity index (χ2n) is 1.97. The molecule has 0 aliphatic carbocycles. The highest BCUT2D eigenvalue weighted by molar-refractivity contribution is 6.01. The third kappa shape index (κ3) is 3.35. The van der Waals surface area contributed by atoms with Gasteiger partial charge in [-0.05, 0) is 13.0 Å². The summed E-state index contributed by atoms with van der Waals surface area (Å²) in [5.41, 5.74) is 0.829. The minimum Gasteiger partial charge on any atom is -0.478 e. The molecule has 0 saturated heterocycles. The fourth-order valence-corrected chi connectivity index (χ4v) is 0.498. The van der Waals surface area contributed by atoms with Gasteiger partial charge in [0.1, 0.15) is 0 Å². The molecule has 0 aromatic carbocycles. The van der Waals surface area contributed by atoms with E-state index in [0.29, 0.717) is 5.71 Å². The lowest BCUT2D eigenvalue weighted by molar-refractivity contribution is -0.132. The van der Waals surface area contributed by atoms with Crippen molar-refractivity contribution < 1.29 is 9.90 Å². The first-order chi connectivity index (χ1) is 5.11. The van der Waals surface area contributed by atoms with Crippen molar-refractivity contribution in [1.29, 1.82) is 0 Å². The van der Waals surface area contributed by atoms with Crippen molar-refractivity contribution in [3.63, 3.8) is 0 Å². The lowest BCUT2D eigenvalue weighted by atomic mass is 10.2. The van der Waals surface area contributed by atoms with Gasteiger partial charge in [-0.2, -0.15) is 0 Å². The quantitative estimate of drug-likeness (QED) is 0.377. The molecule has 0 aromatic rings. The summed E-state index contributed by atoms with van der Waals surface area (Å²) in [6, 6.07) is 0. The molecular formula is C8H11NO2. The lowest BCUT2D eigenvalue weighted by Gasteiger charge is -1.92. The Balaban J connectivity index is 4.62. The number of hydrogen-bond donors (Lipinski definition) is 1. The first-order valence-corrected chi connectivity index (χ1v) is 3.12. The Morgan fingerprint density at radius 3 is 2.45 bits per heavy atom. The van der Waals surface area contributed by atoms with Crippen molar-refractivity contribution in [2.24, 2.45) is 4.99 Å². The van der Waals surface area contributed by atoms with Crippen molar-refractivity contribution in [2.75, 3.05) is 7.05 Å². The molecule has 3 nitrogen and oxygen atoms in total. The second kappa shape index (κ2) is 4.44. The summed E-state index contributed by atoms with van der Waals surface area (Å²) in [5, 5.41) is 8.52. The summed E-state index contributed by atoms with van der Waals surface area (Å²) in [6.45, 7) is 5.09. The maximum atomic E-state index is 10.4. The molecule has 11 heavy (non-hydrogen) atoms. The van der Waals surface area contributed by atoms with E-state index >= 15 is 0 Å². The van der Waals surface area contributed by atoms with Gasteiger partial charge in [0.15, 0.2) is 0 Å². The van der Waals surface area contributed by atoms with E-state index in [1.165, 1.54) is 12.2 Å². The molecule has 0 rings (SSSR count). The van der Waals surface area contributed by atoms with Crippen LogP contribution >= 0.6 is 0 Å². The predicted molar refractivity (Wildman–Crippen MR) is 44.9 cm³/mol. The maximum Gasteiger partial charge on any atom is 0.335 e. The lowest BCUT2D eigenvalue weighted by Crippen LogP contribution is -1.99. The van der Waals surface area contributed by atoms with E-state index in [9.17, 15) is 4.79 Å². The summed E-state index contributed by atoms with van der Waals surface area (Å²) in [4.78, 5) is 14.2. The average Bonchev–Trinajstić information content (AvgIpc) is 1.99. The van der Waals surface area contributed by atoms with Crippen LogP contribution in [0.1, 0.15) is 6.92 Å². The van der Waals surface area contributed by atoms with E-state index < -0.39 is 5.97 Å². The Morgan fingerprint density at radius 1 is 1.64 bits per heavy atom. The first-order valence-electron chi connectivity index (χ1n) is 3.12. The van der Waals surface area contributed by atoms with Crippen LogP contribution in [-0.4, -0.2) is 23.8 Å². The Bertz CT molecular complexity index is 226. The van der Waals surface area contributed by atoms with Crippen LogP contribution < -0.4 is 0 Å². The van der Waals surface area contributed by atoms with Gasteiger partial charge in [0.05, 0.1) is 5.57 Å². The van der Waals surface area contributed by atoms with Gasteiger partial charge in [0.25, 0.3) is 0 Å². The van der Waals surface area contributed by atoms with E-state index in [1.54, 1.807) is 14.0 Å². The Morgan fingerprint density at radius 2 is 2.18 bits per heavy atom. The largest absolute Gasteiger partial charge is 0.478 e. The van der Waals surface area contributed by atoms with Gasteiger partial charge >= 0.3 is 5.97 Å². The number of carboxylic acid groups (broad SMARTS) is 1. The minimum absolute atomic E-state index is 0.160. The molecule has 0 unspecified atom stereocenters. The van der Waals surface area contributed by atoms with E-state index in [0.717, 1.165) is 0 Å². The number of hydrogen-bond acceptors (Lipinski definition) is 2. The van der Waals surface area contributed by atoms with Crippen LogP contribution in [0.4, 0.5) is 0 Å². The van der Waals surface area contributed by atoms with Crippen LogP contribution in [0.2, 0.25) is 0 Å². The minimum atomic E-state index is -0.983. The fraction of sp³-hybridized carbons (Fsp3) is 0.250. The molecule has 60 valence electrons. The molecule has 0 heterocycles. The van der Waals surface area contributed by atoms with E-state index in [-0.39, 0.29) is 5.57 Å². The predicted octanol–water partition coefficient (Wildman–Crippen LogP) is 1.27. The van der Waals surface area contributed by atoms with Gasteiger partial charge in [-0.3, -0.25) is 4.99 Å². The van der Waals surface area contributed by atoms with Crippen LogP contribution in [0.5, 0.6) is 0 Å². The molecule has 0 amide bonds. The van der Waals surface area contributed by atoms with Gasteiger partial charge in [0.2, 0.25) is 0 Å². The van der Waals surface area contributed by atoms with Crippen LogP contribution in [0.3, 0.4) is 0 Å². The van der Waals surface area contributed by atoms with E-state index in [4.69, 9.17) is 5.11 Å². The number of aliphatic carboxylic acids is 1. The van der Waals surface area contributed by atoms with Crippen LogP contribution in [0, 0.1) is 0 Å². The van der Waals surface area contributed by atoms with Gasteiger partial charge in [0, 0.05) is 12.8 Å². The monoisotopic (exact) mass is 153 g/mol. The van der Waals surface area contributed by atoms with Crippen molar-refractivity contribution >= 4 is 11.7 Å². The van der Waals surface area contributed by atoms with Crippen molar-refractivity contribution in [2.45, 2.75) is 6.92 Å². The van der Waals surface area contributed by atoms with Crippen LogP contribution in [0.15, 0.2) is 29.3 Å². The normalized spacial score (nSPS) is 12.9. The molecule has 0 aliphatic rings. The summed E-state index contributed by atoms with van der Waals surface area (Å²) in [6.07, 6.45) is 2.76. The molecule has 0 aromatic heterocycles. The van der Waals surface area contributed by atoms with Gasteiger partial charge in [-0.25, -0.2) is 4.79 Å². The summed E-state index contributed by atoms with van der Waals surface area (Å²) >= 11 is 0. The van der Waals surface area contributed by atoms with E-state index in [2.05, 4.69) is 11.6 Å². The molecule has 3 heteroatoms. The standard InChI is InChI=1S/C8H11NO2/c1-4-7(8(10)11)5-6(2)9-3/h4-5H,1H2,2-3H3,(H,10,11)/b7-5+,9-6?. The smallest absolute Gasteiger partial charge is 0.335 e. The number of nitrogens with zero attached hydrogens (tertiary/aromatic N) is 1. The summed E-state index contributed by atoms with van der Waals surface area (Å²) in [7, 11) is 1.61. The van der Waals surface area contributed by atoms with Crippen molar-refractivity contribution in [3.8, 4) is 0 Å². The number of rotatable bonds is 3. The molecule has 1 N–H and O–H groups in total. The molecule has 0 bridgehead atoms. The molecule has 0 spiro atoms. The summed E-state index contributed by atoms with van der Waals surface area (Å²) < 4.78 is 0. The second-order valence-corrected chi connectivity index (χ2v) is 1.97. The fourth-order valence-electron chi connectivity index (χ4n) is 0.498. The highest BCUT2D eigenvalue weighted by atomic mass is 16.4. The molecule has 0 aliphatic heterocycles. The number of allylic oxidation sites excluding steroid dienone is 1. The first kappa shape index (κ1) is 9.62. The van der Waals surface area contributed by atoms with Crippen LogP contribution in [0.25, 0.3) is 0 Å². The Kier molecular flexibility index (Phi) is 3.88. The van der Waals surface area contributed by atoms with E-state index in [1.807, 2.05) is 0 Å². The highest BCUT2D eigenvalue weighted by Crippen LogP contribution is 1.96. The van der Waals surface area contributed by atoms with Gasteiger partial charge in [-0.15, -0.1) is 0 Å². The Hall–Kier alpha value is -1.38. The third-order valence-corrected chi connectivity index (χ3v) is 1.18. The number of carbonyl (C=O) groups is 1. The number of aliphatic imine (C=N–C) groups is 1. The Labute approximate surface area is 65.8 Å². The zero-order valence-corrected chi connectivity index (χ0v) is 6.66. The molecular weight excluding hydrogens is 142 g/mol. The zero-order chi connectivity index (χ0) is 8.85. The number of carboxylic acids is 1. The average molecular weight is 153 g/mol. The maximum absolute atomic E-state index is 10.4. The molecule has 0 radical (unpaired) electrons. The van der Waals surface area contributed by atoms with Gasteiger partial charge < -0.3 is 5.11 Å². The summed E-state index contributed by atoms with van der Waals surface area (Å²) in [5.74, 6) is -0.983.